The van der Waals surface area contributed by atoms with E-state index in [-0.39, 0.29) is 28.5 Å². The Labute approximate surface area is 198 Å². The zero-order valence-corrected chi connectivity index (χ0v) is 21.2. The van der Waals surface area contributed by atoms with Gasteiger partial charge in [0.1, 0.15) is 0 Å². The molecule has 0 radical (unpaired) electrons. The molecule has 2 fully saturated rings. The number of carbonyl (C=O) groups excluding carboxylic acids is 2. The van der Waals surface area contributed by atoms with E-state index in [1.165, 1.54) is 4.31 Å². The number of benzene rings is 1. The highest BCUT2D eigenvalue weighted by Gasteiger charge is 2.37. The number of hydrogen-bond donors (Lipinski definition) is 1. The van der Waals surface area contributed by atoms with E-state index in [1.807, 2.05) is 32.6 Å². The summed E-state index contributed by atoms with van der Waals surface area (Å²) in [5.41, 5.74) is 1.30. The van der Waals surface area contributed by atoms with Crippen LogP contribution in [0.15, 0.2) is 23.1 Å². The summed E-state index contributed by atoms with van der Waals surface area (Å²) in [6.45, 7) is 11.0. The molecule has 2 aliphatic rings. The van der Waals surface area contributed by atoms with Gasteiger partial charge in [0.2, 0.25) is 21.8 Å². The monoisotopic (exact) mass is 478 g/mol. The van der Waals surface area contributed by atoms with Gasteiger partial charge in [0.15, 0.2) is 0 Å². The molecule has 1 heterocycles. The summed E-state index contributed by atoms with van der Waals surface area (Å²) < 4.78 is 27.6. The maximum atomic E-state index is 13.3. The fourth-order valence-electron chi connectivity index (χ4n) is 4.54. The number of sulfonamides is 1. The lowest BCUT2D eigenvalue weighted by Gasteiger charge is -2.33. The Balaban J connectivity index is 1.87. The van der Waals surface area contributed by atoms with Gasteiger partial charge in [-0.1, -0.05) is 13.8 Å². The van der Waals surface area contributed by atoms with E-state index in [0.29, 0.717) is 31.9 Å². The Morgan fingerprint density at radius 2 is 1.67 bits per heavy atom. The third-order valence-corrected chi connectivity index (χ3v) is 8.75. The van der Waals surface area contributed by atoms with E-state index in [0.717, 1.165) is 44.5 Å². The van der Waals surface area contributed by atoms with Gasteiger partial charge in [-0.25, -0.2) is 8.42 Å². The van der Waals surface area contributed by atoms with Crippen LogP contribution in [0.1, 0.15) is 53.4 Å². The first-order valence-electron chi connectivity index (χ1n) is 12.2. The topological polar surface area (TPSA) is 90.0 Å². The van der Waals surface area contributed by atoms with Crippen molar-refractivity contribution >= 4 is 33.2 Å². The predicted molar refractivity (Wildman–Crippen MR) is 131 cm³/mol. The maximum absolute atomic E-state index is 13.3. The summed E-state index contributed by atoms with van der Waals surface area (Å²) >= 11 is 0. The lowest BCUT2D eigenvalue weighted by molar-refractivity contribution is -0.135. The van der Waals surface area contributed by atoms with Gasteiger partial charge in [-0.2, -0.15) is 4.31 Å². The standard InChI is InChI=1S/C24H38N4O4S/c1-5-26(6-2)22-14-13-20(33(31,32)28(7-3)8-4)16-21(22)25-23(29)19-10-9-15-27(17-19)24(30)18-11-12-18/h13-14,16,18-19H,5-12,15,17H2,1-4H3,(H,25,29). The second-order valence-electron chi connectivity index (χ2n) is 8.83. The molecule has 1 N–H and O–H groups in total. The van der Waals surface area contributed by atoms with Crippen LogP contribution in [0.5, 0.6) is 0 Å². The summed E-state index contributed by atoms with van der Waals surface area (Å²) in [5, 5.41) is 3.02. The van der Waals surface area contributed by atoms with Crippen molar-refractivity contribution in [2.24, 2.45) is 11.8 Å². The molecule has 1 aromatic carbocycles. The first kappa shape index (κ1) is 25.5. The van der Waals surface area contributed by atoms with Gasteiger partial charge in [0.25, 0.3) is 0 Å². The van der Waals surface area contributed by atoms with Crippen LogP contribution in [-0.2, 0) is 19.6 Å². The molecular formula is C24H38N4O4S. The van der Waals surface area contributed by atoms with Gasteiger partial charge in [-0.15, -0.1) is 0 Å². The van der Waals surface area contributed by atoms with Crippen molar-refractivity contribution in [2.45, 2.75) is 58.3 Å². The summed E-state index contributed by atoms with van der Waals surface area (Å²) in [6, 6.07) is 4.98. The second kappa shape index (κ2) is 10.9. The average molecular weight is 479 g/mol. The fraction of sp³-hybridized carbons (Fsp3) is 0.667. The lowest BCUT2D eigenvalue weighted by Crippen LogP contribution is -2.44. The van der Waals surface area contributed by atoms with E-state index in [1.54, 1.807) is 18.2 Å². The van der Waals surface area contributed by atoms with Gasteiger partial charge in [0, 0.05) is 45.2 Å². The Morgan fingerprint density at radius 3 is 2.24 bits per heavy atom. The smallest absolute Gasteiger partial charge is 0.243 e. The minimum atomic E-state index is -3.65. The van der Waals surface area contributed by atoms with E-state index < -0.39 is 10.0 Å². The Kier molecular flexibility index (Phi) is 8.39. The molecule has 1 saturated heterocycles. The van der Waals surface area contributed by atoms with Crippen LogP contribution in [0.2, 0.25) is 0 Å². The molecule has 3 rings (SSSR count). The van der Waals surface area contributed by atoms with Crippen molar-refractivity contribution in [1.29, 1.82) is 0 Å². The van der Waals surface area contributed by atoms with Crippen LogP contribution < -0.4 is 10.2 Å². The SMILES string of the molecule is CCN(CC)c1ccc(S(=O)(=O)N(CC)CC)cc1NC(=O)C1CCCN(C(=O)C2CC2)C1. The normalized spacial score (nSPS) is 18.9. The Hall–Kier alpha value is -2.13. The number of anilines is 2. The van der Waals surface area contributed by atoms with Crippen molar-refractivity contribution in [3.63, 3.8) is 0 Å². The van der Waals surface area contributed by atoms with Gasteiger partial charge in [-0.3, -0.25) is 9.59 Å². The molecule has 1 atom stereocenters. The van der Waals surface area contributed by atoms with Gasteiger partial charge < -0.3 is 15.1 Å². The third-order valence-electron chi connectivity index (χ3n) is 6.70. The number of nitrogens with one attached hydrogen (secondary N) is 1. The lowest BCUT2D eigenvalue weighted by atomic mass is 9.96. The van der Waals surface area contributed by atoms with Crippen molar-refractivity contribution in [2.75, 3.05) is 49.5 Å². The van der Waals surface area contributed by atoms with Crippen LogP contribution in [0, 0.1) is 11.8 Å². The second-order valence-corrected chi connectivity index (χ2v) is 10.8. The molecule has 9 heteroatoms. The molecule has 0 bridgehead atoms. The Bertz CT molecular complexity index is 953. The zero-order chi connectivity index (χ0) is 24.2. The molecule has 1 aromatic rings. The molecule has 8 nitrogen and oxygen atoms in total. The number of rotatable bonds is 10. The van der Waals surface area contributed by atoms with E-state index in [2.05, 4.69) is 10.2 Å². The van der Waals surface area contributed by atoms with Crippen molar-refractivity contribution < 1.29 is 18.0 Å². The largest absolute Gasteiger partial charge is 0.370 e. The summed E-state index contributed by atoms with van der Waals surface area (Å²) in [6.07, 6.45) is 3.43. The molecule has 33 heavy (non-hydrogen) atoms. The van der Waals surface area contributed by atoms with Crippen molar-refractivity contribution in [3.05, 3.63) is 18.2 Å². The van der Waals surface area contributed by atoms with Crippen molar-refractivity contribution in [1.82, 2.24) is 9.21 Å². The number of amides is 2. The highest BCUT2D eigenvalue weighted by Crippen LogP contribution is 2.34. The summed E-state index contributed by atoms with van der Waals surface area (Å²) in [7, 11) is -3.65. The minimum Gasteiger partial charge on any atom is -0.370 e. The maximum Gasteiger partial charge on any atom is 0.243 e. The molecule has 1 unspecified atom stereocenters. The van der Waals surface area contributed by atoms with E-state index in [4.69, 9.17) is 0 Å². The summed E-state index contributed by atoms with van der Waals surface area (Å²) in [5.74, 6) is -0.144. The van der Waals surface area contributed by atoms with E-state index >= 15 is 0 Å². The first-order chi connectivity index (χ1) is 15.8. The van der Waals surface area contributed by atoms with Crippen LogP contribution in [-0.4, -0.2) is 68.7 Å². The van der Waals surface area contributed by atoms with Gasteiger partial charge in [-0.05, 0) is 57.7 Å². The highest BCUT2D eigenvalue weighted by atomic mass is 32.2. The van der Waals surface area contributed by atoms with Crippen molar-refractivity contribution in [3.8, 4) is 0 Å². The third kappa shape index (κ3) is 5.69. The Morgan fingerprint density at radius 1 is 1.00 bits per heavy atom. The molecular weight excluding hydrogens is 440 g/mol. The molecule has 2 amide bonds. The van der Waals surface area contributed by atoms with E-state index in [9.17, 15) is 18.0 Å². The molecule has 1 aliphatic heterocycles. The number of hydrogen-bond acceptors (Lipinski definition) is 5. The fourth-order valence-corrected chi connectivity index (χ4v) is 6.03. The van der Waals surface area contributed by atoms with Gasteiger partial charge >= 0.3 is 0 Å². The van der Waals surface area contributed by atoms with Crippen LogP contribution in [0.3, 0.4) is 0 Å². The molecule has 1 aliphatic carbocycles. The molecule has 0 aromatic heterocycles. The van der Waals surface area contributed by atoms with Crippen LogP contribution in [0.4, 0.5) is 11.4 Å². The average Bonchev–Trinajstić information content (AvgIpc) is 3.66. The molecule has 184 valence electrons. The number of piperidine rings is 1. The number of likely N-dealkylation sites (tertiary alicyclic amines) is 1. The van der Waals surface area contributed by atoms with Gasteiger partial charge in [0.05, 0.1) is 22.2 Å². The summed E-state index contributed by atoms with van der Waals surface area (Å²) in [4.78, 5) is 29.8. The zero-order valence-electron chi connectivity index (χ0n) is 20.3. The quantitative estimate of drug-likeness (QED) is 0.558. The van der Waals surface area contributed by atoms with Crippen LogP contribution >= 0.6 is 0 Å². The number of nitrogens with zero attached hydrogens (tertiary/aromatic N) is 3. The predicted octanol–water partition coefficient (Wildman–Crippen LogP) is 3.15. The molecule has 1 saturated carbocycles. The first-order valence-corrected chi connectivity index (χ1v) is 13.7. The minimum absolute atomic E-state index is 0.142. The number of carbonyl (C=O) groups is 2. The molecule has 0 spiro atoms. The van der Waals surface area contributed by atoms with Crippen LogP contribution in [0.25, 0.3) is 0 Å². The highest BCUT2D eigenvalue weighted by molar-refractivity contribution is 7.89.